The number of aryl methyl sites for hydroxylation is 1. The number of ether oxygens (including phenoxy) is 2. The SMILES string of the molecule is CCc1ccc(OCC(=O)OCc2ccc(Br)cc2)cc1. The number of hydrogen-bond donors (Lipinski definition) is 0. The molecule has 0 fully saturated rings. The molecule has 3 nitrogen and oxygen atoms in total. The molecule has 0 unspecified atom stereocenters. The highest BCUT2D eigenvalue weighted by molar-refractivity contribution is 9.10. The molecule has 0 saturated carbocycles. The van der Waals surface area contributed by atoms with E-state index in [9.17, 15) is 4.79 Å². The average molecular weight is 349 g/mol. The minimum Gasteiger partial charge on any atom is -0.482 e. The number of carbonyl (C=O) groups is 1. The third-order valence-corrected chi connectivity index (χ3v) is 3.53. The van der Waals surface area contributed by atoms with E-state index in [0.717, 1.165) is 16.5 Å². The molecule has 0 heterocycles. The molecule has 0 N–H and O–H groups in total. The summed E-state index contributed by atoms with van der Waals surface area (Å²) in [4.78, 5) is 11.6. The lowest BCUT2D eigenvalue weighted by molar-refractivity contribution is -0.147. The third-order valence-electron chi connectivity index (χ3n) is 3.00. The molecular weight excluding hydrogens is 332 g/mol. The highest BCUT2D eigenvalue weighted by Crippen LogP contribution is 2.13. The van der Waals surface area contributed by atoms with Gasteiger partial charge in [-0.25, -0.2) is 4.79 Å². The Hall–Kier alpha value is -1.81. The highest BCUT2D eigenvalue weighted by Gasteiger charge is 2.05. The van der Waals surface area contributed by atoms with Crippen molar-refractivity contribution in [2.45, 2.75) is 20.0 Å². The Morgan fingerprint density at radius 2 is 1.62 bits per heavy atom. The summed E-state index contributed by atoms with van der Waals surface area (Å²) in [6.07, 6.45) is 0.982. The van der Waals surface area contributed by atoms with E-state index in [4.69, 9.17) is 9.47 Å². The molecule has 2 aromatic rings. The van der Waals surface area contributed by atoms with Crippen molar-refractivity contribution >= 4 is 21.9 Å². The Labute approximate surface area is 133 Å². The van der Waals surface area contributed by atoms with Gasteiger partial charge < -0.3 is 9.47 Å². The van der Waals surface area contributed by atoms with Crippen LogP contribution in [0.1, 0.15) is 18.1 Å². The molecule has 2 rings (SSSR count). The first kappa shape index (κ1) is 15.6. The quantitative estimate of drug-likeness (QED) is 0.736. The summed E-state index contributed by atoms with van der Waals surface area (Å²) >= 11 is 3.36. The Balaban J connectivity index is 1.75. The molecule has 110 valence electrons. The lowest BCUT2D eigenvalue weighted by Crippen LogP contribution is -2.14. The van der Waals surface area contributed by atoms with Crippen LogP contribution >= 0.6 is 15.9 Å². The maximum Gasteiger partial charge on any atom is 0.344 e. The average Bonchev–Trinajstić information content (AvgIpc) is 2.53. The number of hydrogen-bond acceptors (Lipinski definition) is 3. The second-order valence-corrected chi connectivity index (χ2v) is 5.49. The van der Waals surface area contributed by atoms with E-state index in [2.05, 4.69) is 22.9 Å². The van der Waals surface area contributed by atoms with Crippen LogP contribution in [0.25, 0.3) is 0 Å². The molecule has 0 amide bonds. The van der Waals surface area contributed by atoms with Crippen molar-refractivity contribution in [2.75, 3.05) is 6.61 Å². The van der Waals surface area contributed by atoms with Crippen LogP contribution in [0.15, 0.2) is 53.0 Å². The minimum atomic E-state index is -0.377. The Morgan fingerprint density at radius 1 is 1.00 bits per heavy atom. The standard InChI is InChI=1S/C17H17BrO3/c1-2-13-5-9-16(10-6-13)20-12-17(19)21-11-14-3-7-15(18)8-4-14/h3-10H,2,11-12H2,1H3. The van der Waals surface area contributed by atoms with Crippen molar-refractivity contribution in [1.29, 1.82) is 0 Å². The predicted octanol–water partition coefficient (Wildman–Crippen LogP) is 4.13. The first-order chi connectivity index (χ1) is 10.2. The number of halogens is 1. The first-order valence-corrected chi connectivity index (χ1v) is 7.58. The van der Waals surface area contributed by atoms with Crippen LogP contribution in [0.5, 0.6) is 5.75 Å². The van der Waals surface area contributed by atoms with Gasteiger partial charge in [0.25, 0.3) is 0 Å². The van der Waals surface area contributed by atoms with E-state index in [1.165, 1.54) is 5.56 Å². The summed E-state index contributed by atoms with van der Waals surface area (Å²) in [5.41, 5.74) is 2.18. The molecule has 0 spiro atoms. The Bertz CT molecular complexity index is 576. The molecule has 0 aliphatic carbocycles. The van der Waals surface area contributed by atoms with E-state index in [-0.39, 0.29) is 19.2 Å². The molecule has 21 heavy (non-hydrogen) atoms. The fourth-order valence-corrected chi connectivity index (χ4v) is 2.01. The second-order valence-electron chi connectivity index (χ2n) is 4.57. The van der Waals surface area contributed by atoms with Gasteiger partial charge in [-0.1, -0.05) is 47.1 Å². The number of rotatable bonds is 6. The lowest BCUT2D eigenvalue weighted by Gasteiger charge is -2.07. The summed E-state index contributed by atoms with van der Waals surface area (Å²) in [5, 5.41) is 0. The smallest absolute Gasteiger partial charge is 0.344 e. The number of esters is 1. The number of carbonyl (C=O) groups excluding carboxylic acids is 1. The molecule has 0 saturated heterocycles. The highest BCUT2D eigenvalue weighted by atomic mass is 79.9. The molecule has 0 atom stereocenters. The van der Waals surface area contributed by atoms with Gasteiger partial charge in [-0.15, -0.1) is 0 Å². The van der Waals surface area contributed by atoms with E-state index < -0.39 is 0 Å². The zero-order valence-electron chi connectivity index (χ0n) is 11.8. The van der Waals surface area contributed by atoms with Gasteiger partial charge in [0.1, 0.15) is 12.4 Å². The van der Waals surface area contributed by atoms with Gasteiger partial charge in [-0.05, 0) is 41.8 Å². The van der Waals surface area contributed by atoms with Crippen LogP contribution in [0, 0.1) is 0 Å². The molecule has 0 aliphatic heterocycles. The number of benzene rings is 2. The van der Waals surface area contributed by atoms with Crippen molar-refractivity contribution in [2.24, 2.45) is 0 Å². The van der Waals surface area contributed by atoms with Gasteiger partial charge in [-0.3, -0.25) is 0 Å². The normalized spacial score (nSPS) is 10.2. The summed E-state index contributed by atoms with van der Waals surface area (Å²) in [6.45, 7) is 2.27. The Morgan fingerprint density at radius 3 is 2.24 bits per heavy atom. The van der Waals surface area contributed by atoms with E-state index in [0.29, 0.717) is 5.75 Å². The van der Waals surface area contributed by atoms with Crippen LogP contribution < -0.4 is 4.74 Å². The molecule has 0 aliphatic rings. The summed E-state index contributed by atoms with van der Waals surface area (Å²) in [6, 6.07) is 15.3. The minimum absolute atomic E-state index is 0.0813. The summed E-state index contributed by atoms with van der Waals surface area (Å²) in [7, 11) is 0. The lowest BCUT2D eigenvalue weighted by atomic mass is 10.2. The zero-order valence-corrected chi connectivity index (χ0v) is 13.4. The Kier molecular flexibility index (Phi) is 5.81. The van der Waals surface area contributed by atoms with Crippen LogP contribution in [-0.4, -0.2) is 12.6 Å². The van der Waals surface area contributed by atoms with Crippen molar-refractivity contribution < 1.29 is 14.3 Å². The van der Waals surface area contributed by atoms with Crippen molar-refractivity contribution in [3.63, 3.8) is 0 Å². The molecule has 0 bridgehead atoms. The third kappa shape index (κ3) is 5.23. The van der Waals surface area contributed by atoms with Crippen LogP contribution in [-0.2, 0) is 22.6 Å². The summed E-state index contributed by atoms with van der Waals surface area (Å²) in [5.74, 6) is 0.297. The van der Waals surface area contributed by atoms with E-state index in [1.54, 1.807) is 0 Å². The van der Waals surface area contributed by atoms with Gasteiger partial charge in [-0.2, -0.15) is 0 Å². The first-order valence-electron chi connectivity index (χ1n) is 6.79. The topological polar surface area (TPSA) is 35.5 Å². The largest absolute Gasteiger partial charge is 0.482 e. The second kappa shape index (κ2) is 7.84. The maximum atomic E-state index is 11.6. The van der Waals surface area contributed by atoms with E-state index in [1.807, 2.05) is 48.5 Å². The van der Waals surface area contributed by atoms with Gasteiger partial charge in [0, 0.05) is 4.47 Å². The van der Waals surface area contributed by atoms with Crippen molar-refractivity contribution in [3.8, 4) is 5.75 Å². The fraction of sp³-hybridized carbons (Fsp3) is 0.235. The molecular formula is C17H17BrO3. The van der Waals surface area contributed by atoms with Crippen molar-refractivity contribution in [3.05, 3.63) is 64.1 Å². The fourth-order valence-electron chi connectivity index (χ4n) is 1.75. The predicted molar refractivity (Wildman–Crippen MR) is 85.3 cm³/mol. The van der Waals surface area contributed by atoms with Gasteiger partial charge in [0.15, 0.2) is 6.61 Å². The van der Waals surface area contributed by atoms with Gasteiger partial charge in [0.2, 0.25) is 0 Å². The van der Waals surface area contributed by atoms with Crippen LogP contribution in [0.4, 0.5) is 0 Å². The zero-order chi connectivity index (χ0) is 15.1. The summed E-state index contributed by atoms with van der Waals surface area (Å²) < 4.78 is 11.5. The van der Waals surface area contributed by atoms with E-state index >= 15 is 0 Å². The molecule has 0 radical (unpaired) electrons. The van der Waals surface area contributed by atoms with Gasteiger partial charge in [0.05, 0.1) is 0 Å². The molecule has 2 aromatic carbocycles. The monoisotopic (exact) mass is 348 g/mol. The van der Waals surface area contributed by atoms with Crippen LogP contribution in [0.3, 0.4) is 0 Å². The maximum absolute atomic E-state index is 11.6. The molecule has 4 heteroatoms. The van der Waals surface area contributed by atoms with Crippen LogP contribution in [0.2, 0.25) is 0 Å². The van der Waals surface area contributed by atoms with Crippen molar-refractivity contribution in [1.82, 2.24) is 0 Å². The molecule has 0 aromatic heterocycles. The van der Waals surface area contributed by atoms with Gasteiger partial charge >= 0.3 is 5.97 Å².